The second-order valence-electron chi connectivity index (χ2n) is 5.30. The van der Waals surface area contributed by atoms with E-state index in [0.29, 0.717) is 5.56 Å². The number of pyridine rings is 1. The van der Waals surface area contributed by atoms with Crippen molar-refractivity contribution in [3.8, 4) is 0 Å². The SMILES string of the molecule is O=C(O)c1cccc2c1CCCN2CCc1ccncc1. The maximum absolute atomic E-state index is 11.3. The maximum Gasteiger partial charge on any atom is 0.336 e. The minimum Gasteiger partial charge on any atom is -0.478 e. The number of carbonyl (C=O) groups is 1. The van der Waals surface area contributed by atoms with Crippen LogP contribution in [0.15, 0.2) is 42.7 Å². The highest BCUT2D eigenvalue weighted by molar-refractivity contribution is 5.91. The van der Waals surface area contributed by atoms with E-state index in [1.165, 1.54) is 5.56 Å². The van der Waals surface area contributed by atoms with Gasteiger partial charge in [0.2, 0.25) is 0 Å². The lowest BCUT2D eigenvalue weighted by atomic mass is 9.96. The second-order valence-corrected chi connectivity index (χ2v) is 5.30. The van der Waals surface area contributed by atoms with E-state index in [4.69, 9.17) is 0 Å². The van der Waals surface area contributed by atoms with E-state index >= 15 is 0 Å². The molecule has 2 heterocycles. The highest BCUT2D eigenvalue weighted by atomic mass is 16.4. The topological polar surface area (TPSA) is 53.4 Å². The molecule has 0 radical (unpaired) electrons. The summed E-state index contributed by atoms with van der Waals surface area (Å²) in [5.41, 5.74) is 3.76. The lowest BCUT2D eigenvalue weighted by Crippen LogP contribution is -2.32. The van der Waals surface area contributed by atoms with Crippen LogP contribution in [0.2, 0.25) is 0 Å². The van der Waals surface area contributed by atoms with E-state index in [-0.39, 0.29) is 0 Å². The van der Waals surface area contributed by atoms with Crippen LogP contribution in [-0.2, 0) is 12.8 Å². The van der Waals surface area contributed by atoms with Crippen LogP contribution in [0.3, 0.4) is 0 Å². The fourth-order valence-corrected chi connectivity index (χ4v) is 2.95. The summed E-state index contributed by atoms with van der Waals surface area (Å²) in [4.78, 5) is 17.7. The smallest absolute Gasteiger partial charge is 0.336 e. The predicted octanol–water partition coefficient (Wildman–Crippen LogP) is 2.78. The third-order valence-electron chi connectivity index (χ3n) is 4.00. The Kier molecular flexibility index (Phi) is 3.86. The van der Waals surface area contributed by atoms with Gasteiger partial charge in [-0.2, -0.15) is 0 Å². The number of rotatable bonds is 4. The average Bonchev–Trinajstić information content (AvgIpc) is 2.53. The number of hydrogen-bond donors (Lipinski definition) is 1. The first-order valence-electron chi connectivity index (χ1n) is 7.25. The van der Waals surface area contributed by atoms with Crippen molar-refractivity contribution in [1.82, 2.24) is 4.98 Å². The largest absolute Gasteiger partial charge is 0.478 e. The van der Waals surface area contributed by atoms with Crippen molar-refractivity contribution in [1.29, 1.82) is 0 Å². The molecule has 0 saturated heterocycles. The van der Waals surface area contributed by atoms with Gasteiger partial charge in [-0.25, -0.2) is 4.79 Å². The van der Waals surface area contributed by atoms with Gasteiger partial charge in [0.05, 0.1) is 5.56 Å². The fraction of sp³-hybridized carbons (Fsp3) is 0.294. The van der Waals surface area contributed by atoms with Gasteiger partial charge in [-0.3, -0.25) is 4.98 Å². The summed E-state index contributed by atoms with van der Waals surface area (Å²) in [6.07, 6.45) is 6.42. The third kappa shape index (κ3) is 2.89. The molecule has 3 rings (SSSR count). The number of carboxylic acids is 1. The van der Waals surface area contributed by atoms with Crippen molar-refractivity contribution in [2.45, 2.75) is 19.3 Å². The number of aromatic nitrogens is 1. The zero-order valence-electron chi connectivity index (χ0n) is 11.8. The van der Waals surface area contributed by atoms with Crippen LogP contribution < -0.4 is 4.90 Å². The summed E-state index contributed by atoms with van der Waals surface area (Å²) in [6.45, 7) is 1.89. The highest BCUT2D eigenvalue weighted by Gasteiger charge is 2.21. The third-order valence-corrected chi connectivity index (χ3v) is 4.00. The number of nitrogens with zero attached hydrogens (tertiary/aromatic N) is 2. The Morgan fingerprint density at radius 1 is 1.24 bits per heavy atom. The number of hydrogen-bond acceptors (Lipinski definition) is 3. The number of anilines is 1. The Bertz CT molecular complexity index is 640. The first kappa shape index (κ1) is 13.6. The standard InChI is InChI=1S/C17H18N2O2/c20-17(21)15-3-1-5-16-14(15)4-2-11-19(16)12-8-13-6-9-18-10-7-13/h1,3,5-7,9-10H,2,4,8,11-12H2,(H,20,21). The zero-order chi connectivity index (χ0) is 14.7. The molecule has 1 aliphatic heterocycles. The van der Waals surface area contributed by atoms with Gasteiger partial charge in [0, 0.05) is 31.2 Å². The van der Waals surface area contributed by atoms with E-state index in [1.807, 2.05) is 36.7 Å². The Morgan fingerprint density at radius 3 is 2.81 bits per heavy atom. The summed E-state index contributed by atoms with van der Waals surface area (Å²) in [5, 5.41) is 9.31. The summed E-state index contributed by atoms with van der Waals surface area (Å²) in [5.74, 6) is -0.831. The van der Waals surface area contributed by atoms with Gasteiger partial charge in [-0.05, 0) is 54.7 Å². The molecule has 1 aromatic heterocycles. The predicted molar refractivity (Wildman–Crippen MR) is 81.9 cm³/mol. The Labute approximate surface area is 124 Å². The van der Waals surface area contributed by atoms with E-state index < -0.39 is 5.97 Å². The lowest BCUT2D eigenvalue weighted by molar-refractivity contribution is 0.0695. The van der Waals surface area contributed by atoms with Crippen LogP contribution in [0.5, 0.6) is 0 Å². The van der Waals surface area contributed by atoms with Crippen molar-refractivity contribution in [3.05, 3.63) is 59.4 Å². The molecule has 4 heteroatoms. The molecule has 0 aliphatic carbocycles. The monoisotopic (exact) mass is 282 g/mol. The molecule has 0 saturated carbocycles. The summed E-state index contributed by atoms with van der Waals surface area (Å²) < 4.78 is 0. The Balaban J connectivity index is 1.81. The van der Waals surface area contributed by atoms with Crippen molar-refractivity contribution in [3.63, 3.8) is 0 Å². The quantitative estimate of drug-likeness (QED) is 0.937. The van der Waals surface area contributed by atoms with Gasteiger partial charge in [0.15, 0.2) is 0 Å². The summed E-state index contributed by atoms with van der Waals surface area (Å²) >= 11 is 0. The number of aromatic carboxylic acids is 1. The van der Waals surface area contributed by atoms with E-state index in [2.05, 4.69) is 9.88 Å². The molecule has 0 amide bonds. The lowest BCUT2D eigenvalue weighted by Gasteiger charge is -2.32. The van der Waals surface area contributed by atoms with Crippen molar-refractivity contribution in [2.75, 3.05) is 18.0 Å². The molecule has 1 N–H and O–H groups in total. The van der Waals surface area contributed by atoms with E-state index in [1.54, 1.807) is 6.07 Å². The summed E-state index contributed by atoms with van der Waals surface area (Å²) in [6, 6.07) is 9.63. The Hall–Kier alpha value is -2.36. The number of benzene rings is 1. The molecule has 0 atom stereocenters. The zero-order valence-corrected chi connectivity index (χ0v) is 11.8. The van der Waals surface area contributed by atoms with Crippen molar-refractivity contribution >= 4 is 11.7 Å². The molecular formula is C17H18N2O2. The molecule has 4 nitrogen and oxygen atoms in total. The van der Waals surface area contributed by atoms with Gasteiger partial charge >= 0.3 is 5.97 Å². The average molecular weight is 282 g/mol. The van der Waals surface area contributed by atoms with E-state index in [0.717, 1.165) is 43.6 Å². The normalized spacial score (nSPS) is 13.8. The minimum atomic E-state index is -0.831. The summed E-state index contributed by atoms with van der Waals surface area (Å²) in [7, 11) is 0. The van der Waals surface area contributed by atoms with Gasteiger partial charge < -0.3 is 10.0 Å². The molecule has 0 unspecified atom stereocenters. The van der Waals surface area contributed by atoms with Gasteiger partial charge in [-0.1, -0.05) is 6.07 Å². The van der Waals surface area contributed by atoms with Gasteiger partial charge in [0.1, 0.15) is 0 Å². The minimum absolute atomic E-state index is 0.445. The van der Waals surface area contributed by atoms with Crippen molar-refractivity contribution < 1.29 is 9.90 Å². The Morgan fingerprint density at radius 2 is 2.05 bits per heavy atom. The van der Waals surface area contributed by atoms with Crippen molar-refractivity contribution in [2.24, 2.45) is 0 Å². The molecule has 108 valence electrons. The van der Waals surface area contributed by atoms with Crippen LogP contribution in [0, 0.1) is 0 Å². The van der Waals surface area contributed by atoms with Crippen LogP contribution in [-0.4, -0.2) is 29.1 Å². The molecule has 0 spiro atoms. The molecule has 1 aliphatic rings. The fourth-order valence-electron chi connectivity index (χ4n) is 2.95. The molecule has 21 heavy (non-hydrogen) atoms. The van der Waals surface area contributed by atoms with Gasteiger partial charge in [0.25, 0.3) is 0 Å². The molecule has 0 bridgehead atoms. The van der Waals surface area contributed by atoms with Crippen LogP contribution in [0.25, 0.3) is 0 Å². The molecule has 0 fully saturated rings. The molecule has 1 aromatic carbocycles. The van der Waals surface area contributed by atoms with Gasteiger partial charge in [-0.15, -0.1) is 0 Å². The van der Waals surface area contributed by atoms with E-state index in [9.17, 15) is 9.90 Å². The number of carboxylic acid groups (broad SMARTS) is 1. The molecule has 2 aromatic rings. The first-order chi connectivity index (χ1) is 10.3. The first-order valence-corrected chi connectivity index (χ1v) is 7.25. The maximum atomic E-state index is 11.3. The number of fused-ring (bicyclic) bond motifs is 1. The van der Waals surface area contributed by atoms with Crippen LogP contribution in [0.4, 0.5) is 5.69 Å². The van der Waals surface area contributed by atoms with Crippen LogP contribution >= 0.6 is 0 Å². The van der Waals surface area contributed by atoms with Crippen LogP contribution in [0.1, 0.15) is 27.9 Å². The molecular weight excluding hydrogens is 264 g/mol. The second kappa shape index (κ2) is 5.95. The highest BCUT2D eigenvalue weighted by Crippen LogP contribution is 2.30.